The largest absolute Gasteiger partial charge is 0.329 e. The Balaban J connectivity index is 2.95. The van der Waals surface area contributed by atoms with E-state index >= 15 is 0 Å². The van der Waals surface area contributed by atoms with Gasteiger partial charge in [-0.15, -0.1) is 0 Å². The van der Waals surface area contributed by atoms with E-state index in [2.05, 4.69) is 4.98 Å². The van der Waals surface area contributed by atoms with Gasteiger partial charge in [0.25, 0.3) is 0 Å². The third kappa shape index (κ3) is 1.95. The van der Waals surface area contributed by atoms with E-state index in [0.717, 1.165) is 5.56 Å². The molecule has 0 spiro atoms. The highest BCUT2D eigenvalue weighted by atomic mass is 16.1. The predicted molar refractivity (Wildman–Crippen MR) is 48.8 cm³/mol. The van der Waals surface area contributed by atoms with Crippen LogP contribution in [0.15, 0.2) is 23.1 Å². The van der Waals surface area contributed by atoms with Gasteiger partial charge < -0.3 is 10.7 Å². The van der Waals surface area contributed by atoms with Crippen molar-refractivity contribution >= 4 is 0 Å². The first kappa shape index (κ1) is 9.00. The van der Waals surface area contributed by atoms with Crippen LogP contribution in [0.25, 0.3) is 0 Å². The second-order valence-corrected chi connectivity index (χ2v) is 3.26. The van der Waals surface area contributed by atoms with Gasteiger partial charge in [0, 0.05) is 18.3 Å². The van der Waals surface area contributed by atoms with E-state index in [1.807, 2.05) is 19.9 Å². The summed E-state index contributed by atoms with van der Waals surface area (Å²) < 4.78 is 0. The standard InChI is InChI=1S/C9H14N2O/c1-6(2)9(10)7-3-4-11-8(12)5-7/h3-6,9H,10H2,1-2H3,(H,11,12). The second kappa shape index (κ2) is 3.54. The number of nitrogens with two attached hydrogens (primary N) is 1. The summed E-state index contributed by atoms with van der Waals surface area (Å²) in [5, 5.41) is 0. The van der Waals surface area contributed by atoms with Gasteiger partial charge in [-0.05, 0) is 17.5 Å². The van der Waals surface area contributed by atoms with Crippen LogP contribution in [0.1, 0.15) is 25.5 Å². The number of pyridine rings is 1. The maximum atomic E-state index is 10.9. The zero-order valence-corrected chi connectivity index (χ0v) is 7.37. The molecule has 1 rings (SSSR count). The highest BCUT2D eigenvalue weighted by molar-refractivity contribution is 5.14. The van der Waals surface area contributed by atoms with Crippen LogP contribution in [0.4, 0.5) is 0 Å². The Kier molecular flexibility index (Phi) is 2.65. The summed E-state index contributed by atoms with van der Waals surface area (Å²) in [5.74, 6) is 0.354. The van der Waals surface area contributed by atoms with Crippen molar-refractivity contribution in [3.63, 3.8) is 0 Å². The van der Waals surface area contributed by atoms with Gasteiger partial charge >= 0.3 is 0 Å². The summed E-state index contributed by atoms with van der Waals surface area (Å²) in [6.07, 6.45) is 1.62. The third-order valence-electron chi connectivity index (χ3n) is 1.90. The number of hydrogen-bond donors (Lipinski definition) is 2. The minimum Gasteiger partial charge on any atom is -0.329 e. The maximum absolute atomic E-state index is 10.9. The Labute approximate surface area is 71.6 Å². The van der Waals surface area contributed by atoms with Gasteiger partial charge in [0.2, 0.25) is 5.56 Å². The van der Waals surface area contributed by atoms with E-state index in [4.69, 9.17) is 5.73 Å². The van der Waals surface area contributed by atoms with Crippen molar-refractivity contribution in [1.29, 1.82) is 0 Å². The van der Waals surface area contributed by atoms with Crippen molar-refractivity contribution in [2.45, 2.75) is 19.9 Å². The van der Waals surface area contributed by atoms with Crippen molar-refractivity contribution in [1.82, 2.24) is 4.98 Å². The fraction of sp³-hybridized carbons (Fsp3) is 0.444. The van der Waals surface area contributed by atoms with Crippen LogP contribution in [-0.2, 0) is 0 Å². The van der Waals surface area contributed by atoms with Crippen LogP contribution in [0.3, 0.4) is 0 Å². The van der Waals surface area contributed by atoms with E-state index in [1.165, 1.54) is 0 Å². The molecule has 0 aliphatic rings. The molecule has 3 nitrogen and oxygen atoms in total. The van der Waals surface area contributed by atoms with Gasteiger partial charge in [0.05, 0.1) is 0 Å². The molecule has 3 N–H and O–H groups in total. The van der Waals surface area contributed by atoms with E-state index in [0.29, 0.717) is 5.92 Å². The monoisotopic (exact) mass is 166 g/mol. The molecule has 0 aromatic carbocycles. The lowest BCUT2D eigenvalue weighted by molar-refractivity contribution is 0.513. The Morgan fingerprint density at radius 1 is 1.50 bits per heavy atom. The highest BCUT2D eigenvalue weighted by Gasteiger charge is 2.09. The third-order valence-corrected chi connectivity index (χ3v) is 1.90. The van der Waals surface area contributed by atoms with E-state index < -0.39 is 0 Å². The molecule has 1 atom stereocenters. The second-order valence-electron chi connectivity index (χ2n) is 3.26. The Morgan fingerprint density at radius 3 is 2.67 bits per heavy atom. The molecule has 0 bridgehead atoms. The number of H-pyrrole nitrogens is 1. The summed E-state index contributed by atoms with van der Waals surface area (Å²) in [7, 11) is 0. The van der Waals surface area contributed by atoms with E-state index in [1.54, 1.807) is 12.3 Å². The quantitative estimate of drug-likeness (QED) is 0.689. The molecule has 0 aliphatic carbocycles. The fourth-order valence-corrected chi connectivity index (χ4v) is 1.05. The molecule has 3 heteroatoms. The van der Waals surface area contributed by atoms with Crippen LogP contribution < -0.4 is 11.3 Å². The van der Waals surface area contributed by atoms with Crippen molar-refractivity contribution in [2.24, 2.45) is 11.7 Å². The highest BCUT2D eigenvalue weighted by Crippen LogP contribution is 2.15. The lowest BCUT2D eigenvalue weighted by Gasteiger charge is -2.14. The summed E-state index contributed by atoms with van der Waals surface area (Å²) in [5.41, 5.74) is 6.66. The molecule has 1 aromatic rings. The average Bonchev–Trinajstić information content (AvgIpc) is 2.03. The molecule has 1 unspecified atom stereocenters. The van der Waals surface area contributed by atoms with Crippen molar-refractivity contribution < 1.29 is 0 Å². The van der Waals surface area contributed by atoms with Gasteiger partial charge in [-0.1, -0.05) is 13.8 Å². The first-order valence-corrected chi connectivity index (χ1v) is 4.05. The molecule has 0 fully saturated rings. The van der Waals surface area contributed by atoms with Gasteiger partial charge in [-0.25, -0.2) is 0 Å². The molecule has 0 amide bonds. The molecular weight excluding hydrogens is 152 g/mol. The number of aromatic amines is 1. The number of nitrogens with one attached hydrogen (secondary N) is 1. The zero-order valence-electron chi connectivity index (χ0n) is 7.37. The van der Waals surface area contributed by atoms with E-state index in [-0.39, 0.29) is 11.6 Å². The smallest absolute Gasteiger partial charge is 0.248 e. The van der Waals surface area contributed by atoms with Gasteiger partial charge in [0.1, 0.15) is 0 Å². The lowest BCUT2D eigenvalue weighted by Crippen LogP contribution is -2.19. The Bertz CT molecular complexity index is 303. The Hall–Kier alpha value is -1.09. The number of hydrogen-bond acceptors (Lipinski definition) is 2. The van der Waals surface area contributed by atoms with Crippen molar-refractivity contribution in [3.05, 3.63) is 34.2 Å². The SMILES string of the molecule is CC(C)C(N)c1cc[nH]c(=O)c1. The van der Waals surface area contributed by atoms with E-state index in [9.17, 15) is 4.79 Å². The van der Waals surface area contributed by atoms with Gasteiger partial charge in [-0.3, -0.25) is 4.79 Å². The minimum absolute atomic E-state index is 0.0488. The summed E-state index contributed by atoms with van der Waals surface area (Å²) >= 11 is 0. The number of rotatable bonds is 2. The normalized spacial score (nSPS) is 13.3. The van der Waals surface area contributed by atoms with Crippen molar-refractivity contribution in [2.75, 3.05) is 0 Å². The van der Waals surface area contributed by atoms with Crippen LogP contribution in [0.2, 0.25) is 0 Å². The number of aromatic nitrogens is 1. The van der Waals surface area contributed by atoms with Gasteiger partial charge in [0.15, 0.2) is 0 Å². The van der Waals surface area contributed by atoms with Crippen LogP contribution in [0.5, 0.6) is 0 Å². The minimum atomic E-state index is -0.0939. The summed E-state index contributed by atoms with van der Waals surface area (Å²) in [4.78, 5) is 13.5. The molecule has 12 heavy (non-hydrogen) atoms. The molecule has 1 heterocycles. The van der Waals surface area contributed by atoms with Crippen molar-refractivity contribution in [3.8, 4) is 0 Å². The molecule has 66 valence electrons. The molecule has 0 saturated carbocycles. The molecular formula is C9H14N2O. The van der Waals surface area contributed by atoms with Crippen LogP contribution >= 0.6 is 0 Å². The first-order valence-electron chi connectivity index (χ1n) is 4.05. The van der Waals surface area contributed by atoms with Crippen LogP contribution in [0, 0.1) is 5.92 Å². The molecule has 0 radical (unpaired) electrons. The molecule has 0 saturated heterocycles. The molecule has 1 aromatic heterocycles. The fourth-order valence-electron chi connectivity index (χ4n) is 1.05. The van der Waals surface area contributed by atoms with Crippen LogP contribution in [-0.4, -0.2) is 4.98 Å². The Morgan fingerprint density at radius 2 is 2.17 bits per heavy atom. The predicted octanol–water partition coefficient (Wildman–Crippen LogP) is 1.03. The van der Waals surface area contributed by atoms with Gasteiger partial charge in [-0.2, -0.15) is 0 Å². The average molecular weight is 166 g/mol. The lowest BCUT2D eigenvalue weighted by atomic mass is 9.98. The summed E-state index contributed by atoms with van der Waals surface area (Å²) in [6, 6.07) is 3.34. The summed E-state index contributed by atoms with van der Waals surface area (Å²) in [6.45, 7) is 4.07. The molecule has 0 aliphatic heterocycles. The topological polar surface area (TPSA) is 58.9 Å². The maximum Gasteiger partial charge on any atom is 0.248 e. The first-order chi connectivity index (χ1) is 5.61. The zero-order chi connectivity index (χ0) is 9.14.